The van der Waals surface area contributed by atoms with Crippen molar-refractivity contribution in [2.75, 3.05) is 24.7 Å². The van der Waals surface area contributed by atoms with Gasteiger partial charge in [-0.3, -0.25) is 32.8 Å². The SMILES string of the molecule is Nc1cc2c(ncn2[C@@H]2O[C@@H]3CO[P@](=O)(S)O[C@@H]4C(CO[PH](=O)O[C@H]3[C@H]2F)O[C@@H](n2cnc3c(=O)[nH]c(N)nc32)[C@@H]4F)c(=O)[nH]1. The van der Waals surface area contributed by atoms with E-state index in [-0.39, 0.29) is 34.0 Å². The van der Waals surface area contributed by atoms with Crippen LogP contribution in [0.4, 0.5) is 20.5 Å². The zero-order valence-corrected chi connectivity index (χ0v) is 25.2. The van der Waals surface area contributed by atoms with Crippen molar-refractivity contribution in [1.82, 2.24) is 34.1 Å². The Bertz CT molecular complexity index is 1990. The number of aromatic nitrogens is 7. The second-order valence-corrected chi connectivity index (χ2v) is 14.1. The first-order valence-corrected chi connectivity index (χ1v) is 17.0. The van der Waals surface area contributed by atoms with Crippen LogP contribution in [0.2, 0.25) is 0 Å². The van der Waals surface area contributed by atoms with Gasteiger partial charge in [-0.25, -0.2) is 23.3 Å². The molecule has 2 unspecified atom stereocenters. The molecule has 10 atom stereocenters. The highest BCUT2D eigenvalue weighted by molar-refractivity contribution is 8.44. The molecule has 3 aliphatic heterocycles. The van der Waals surface area contributed by atoms with E-state index in [9.17, 15) is 18.7 Å². The molecule has 0 amide bonds. The van der Waals surface area contributed by atoms with Crippen LogP contribution >= 0.6 is 27.3 Å². The molecule has 0 spiro atoms. The number of nitrogens with two attached hydrogens (primary N) is 2. The van der Waals surface area contributed by atoms with E-state index in [1.54, 1.807) is 0 Å². The van der Waals surface area contributed by atoms with Crippen molar-refractivity contribution in [3.63, 3.8) is 0 Å². The van der Waals surface area contributed by atoms with Gasteiger partial charge in [-0.15, -0.1) is 0 Å². The predicted octanol–water partition coefficient (Wildman–Crippen LogP) is 0.738. The molecule has 4 aromatic rings. The summed E-state index contributed by atoms with van der Waals surface area (Å²) in [5.41, 5.74) is 9.87. The minimum atomic E-state index is -4.43. The lowest BCUT2D eigenvalue weighted by Crippen LogP contribution is -2.36. The van der Waals surface area contributed by atoms with Crippen molar-refractivity contribution in [3.05, 3.63) is 39.4 Å². The summed E-state index contributed by atoms with van der Waals surface area (Å²) in [6.45, 7) is -5.75. The highest BCUT2D eigenvalue weighted by atomic mass is 32.7. The Labute approximate surface area is 254 Å². The Kier molecular flexibility index (Phi) is 7.61. The molecule has 3 saturated heterocycles. The fourth-order valence-corrected chi connectivity index (χ4v) is 7.77. The van der Waals surface area contributed by atoms with E-state index >= 15 is 8.78 Å². The number of nitrogens with zero attached hydrogens (tertiary/aromatic N) is 5. The zero-order chi connectivity index (χ0) is 31.8. The molecule has 0 radical (unpaired) electrons. The molecule has 24 heteroatoms. The number of nitrogen functional groups attached to an aromatic ring is 2. The summed E-state index contributed by atoms with van der Waals surface area (Å²) in [7, 11) is -3.52. The quantitative estimate of drug-likeness (QED) is 0.143. The molecular formula is C21H23F2N9O10P2S. The first-order chi connectivity index (χ1) is 21.4. The number of thiol groups is 1. The number of fused-ring (bicyclic) bond motifs is 4. The molecular weight excluding hydrogens is 670 g/mol. The number of anilines is 2. The minimum Gasteiger partial charge on any atom is -0.385 e. The number of rotatable bonds is 2. The van der Waals surface area contributed by atoms with E-state index < -0.39 is 88.6 Å². The van der Waals surface area contributed by atoms with Crippen LogP contribution in [-0.2, 0) is 36.7 Å². The number of aromatic amines is 2. The van der Waals surface area contributed by atoms with Crippen LogP contribution < -0.4 is 22.6 Å². The molecule has 0 saturated carbocycles. The third kappa shape index (κ3) is 5.38. The van der Waals surface area contributed by atoms with Crippen molar-refractivity contribution in [1.29, 1.82) is 0 Å². The van der Waals surface area contributed by atoms with Crippen LogP contribution in [0.15, 0.2) is 28.3 Å². The average molecular weight is 693 g/mol. The van der Waals surface area contributed by atoms with Gasteiger partial charge in [0.05, 0.1) is 31.4 Å². The molecule has 45 heavy (non-hydrogen) atoms. The molecule has 4 aromatic heterocycles. The molecule has 19 nitrogen and oxygen atoms in total. The van der Waals surface area contributed by atoms with Crippen LogP contribution in [0.1, 0.15) is 12.5 Å². The summed E-state index contributed by atoms with van der Waals surface area (Å²) in [5.74, 6) is -0.283. The number of nitrogens with one attached hydrogen (secondary N) is 2. The van der Waals surface area contributed by atoms with E-state index in [1.807, 2.05) is 0 Å². The van der Waals surface area contributed by atoms with Crippen LogP contribution in [0.5, 0.6) is 0 Å². The van der Waals surface area contributed by atoms with Gasteiger partial charge in [0.2, 0.25) is 5.95 Å². The number of halogens is 2. The van der Waals surface area contributed by atoms with Crippen molar-refractivity contribution in [3.8, 4) is 0 Å². The zero-order valence-electron chi connectivity index (χ0n) is 22.4. The summed E-state index contributed by atoms with van der Waals surface area (Å²) in [6, 6.07) is 1.35. The second-order valence-electron chi connectivity index (χ2n) is 10.2. The fraction of sp³-hybridized carbons (Fsp3) is 0.476. The molecule has 3 fully saturated rings. The van der Waals surface area contributed by atoms with Gasteiger partial charge in [0.25, 0.3) is 11.1 Å². The minimum absolute atomic E-state index is 0.0169. The van der Waals surface area contributed by atoms with Gasteiger partial charge in [0.1, 0.15) is 30.2 Å². The lowest BCUT2D eigenvalue weighted by Gasteiger charge is -2.26. The first kappa shape index (κ1) is 30.5. The monoisotopic (exact) mass is 693 g/mol. The number of pyridine rings is 1. The summed E-state index contributed by atoms with van der Waals surface area (Å²) in [4.78, 5) is 40.9. The molecule has 3 aliphatic rings. The molecule has 0 aromatic carbocycles. The number of H-pyrrole nitrogens is 2. The third-order valence-corrected chi connectivity index (χ3v) is 9.87. The molecule has 7 rings (SSSR count). The van der Waals surface area contributed by atoms with E-state index in [0.717, 1.165) is 17.2 Å². The van der Waals surface area contributed by atoms with Gasteiger partial charge >= 0.3 is 15.1 Å². The first-order valence-electron chi connectivity index (χ1n) is 13.1. The van der Waals surface area contributed by atoms with Crippen molar-refractivity contribution >= 4 is 61.3 Å². The van der Waals surface area contributed by atoms with Crippen molar-refractivity contribution in [2.24, 2.45) is 0 Å². The number of alkyl halides is 2. The smallest absolute Gasteiger partial charge is 0.385 e. The van der Waals surface area contributed by atoms with Gasteiger partial charge < -0.3 is 39.5 Å². The van der Waals surface area contributed by atoms with Gasteiger partial charge in [-0.2, -0.15) is 4.98 Å². The lowest BCUT2D eigenvalue weighted by molar-refractivity contribution is -0.0538. The standard InChI is InChI=1S/C21H23F2N9O10P2S/c22-10-14-8(40-19(10)31-4-26-12-6(31)1-9(24)28-17(12)33)3-38-44(36,45)42-15-7(2-37-43(35)41-14)39-20(11(15)23)32-5-27-13-16(32)29-21(25)30-18(13)34/h1,4-5,7-8,10-11,14-15,19-20,43H,2-3H2,(H,36,45)(H3,24,28,33)(H3,25,29,30,34)/t7?,8-,10-,11-,14-,15-,19-,20-,44+/m1/s1. The van der Waals surface area contributed by atoms with Crippen LogP contribution in [0.25, 0.3) is 22.2 Å². The number of hydrogen-bond acceptors (Lipinski definition) is 15. The van der Waals surface area contributed by atoms with Gasteiger partial charge in [0.15, 0.2) is 41.5 Å². The average Bonchev–Trinajstić information content (AvgIpc) is 3.72. The Hall–Kier alpha value is -3.20. The number of ether oxygens (including phenoxy) is 2. The maximum Gasteiger partial charge on any atom is 0.386 e. The third-order valence-electron chi connectivity index (χ3n) is 7.38. The maximum absolute atomic E-state index is 15.9. The molecule has 242 valence electrons. The molecule has 0 bridgehead atoms. The topological polar surface area (TPSA) is 256 Å². The largest absolute Gasteiger partial charge is 0.386 e. The highest BCUT2D eigenvalue weighted by Gasteiger charge is 2.53. The summed E-state index contributed by atoms with van der Waals surface area (Å²) < 4.78 is 93.3. The van der Waals surface area contributed by atoms with Gasteiger partial charge in [-0.05, 0) is 0 Å². The highest BCUT2D eigenvalue weighted by Crippen LogP contribution is 2.57. The molecule has 7 heterocycles. The Morgan fingerprint density at radius 1 is 0.978 bits per heavy atom. The number of hydrogen-bond donors (Lipinski definition) is 5. The van der Waals surface area contributed by atoms with E-state index in [4.69, 9.17) is 39.0 Å². The Morgan fingerprint density at radius 3 is 2.40 bits per heavy atom. The van der Waals surface area contributed by atoms with Crippen molar-refractivity contribution in [2.45, 2.75) is 49.2 Å². The Morgan fingerprint density at radius 2 is 1.62 bits per heavy atom. The lowest BCUT2D eigenvalue weighted by atomic mass is 10.1. The van der Waals surface area contributed by atoms with Crippen LogP contribution in [0.3, 0.4) is 0 Å². The van der Waals surface area contributed by atoms with E-state index in [0.29, 0.717) is 0 Å². The summed E-state index contributed by atoms with van der Waals surface area (Å²) in [5, 5.41) is 0. The predicted molar refractivity (Wildman–Crippen MR) is 152 cm³/mol. The Balaban J connectivity index is 1.15. The van der Waals surface area contributed by atoms with Crippen LogP contribution in [-0.4, -0.2) is 84.0 Å². The van der Waals surface area contributed by atoms with Crippen molar-refractivity contribution < 1.29 is 45.5 Å². The fourth-order valence-electron chi connectivity index (χ4n) is 5.41. The summed E-state index contributed by atoms with van der Waals surface area (Å²) in [6.07, 6.45) is -10.9. The second kappa shape index (κ2) is 11.2. The van der Waals surface area contributed by atoms with Crippen LogP contribution in [0, 0.1) is 0 Å². The van der Waals surface area contributed by atoms with Gasteiger partial charge in [0, 0.05) is 6.07 Å². The van der Waals surface area contributed by atoms with E-state index in [2.05, 4.69) is 37.2 Å². The molecule has 0 aliphatic carbocycles. The van der Waals surface area contributed by atoms with E-state index in [1.165, 1.54) is 10.6 Å². The van der Waals surface area contributed by atoms with Gasteiger partial charge in [-0.1, -0.05) is 12.2 Å². The maximum atomic E-state index is 15.9. The normalized spacial score (nSPS) is 36.0. The summed E-state index contributed by atoms with van der Waals surface area (Å²) >= 11 is 3.96. The number of imidazole rings is 2. The molecule has 6 N–H and O–H groups in total.